The van der Waals surface area contributed by atoms with Gasteiger partial charge < -0.3 is 9.32 Å². The molecule has 2 nitrogen and oxygen atoms in total. The summed E-state index contributed by atoms with van der Waals surface area (Å²) in [5.41, 5.74) is 12.2. The number of benzene rings is 10. The summed E-state index contributed by atoms with van der Waals surface area (Å²) in [6, 6.07) is 76.4. The van der Waals surface area contributed by atoms with Gasteiger partial charge in [0.05, 0.1) is 0 Å². The van der Waals surface area contributed by atoms with Crippen molar-refractivity contribution in [2.24, 2.45) is 0 Å². The van der Waals surface area contributed by atoms with Gasteiger partial charge in [0.25, 0.3) is 0 Å². The molecule has 10 aromatic carbocycles. The van der Waals surface area contributed by atoms with Crippen LogP contribution in [0, 0.1) is 0 Å². The van der Waals surface area contributed by atoms with E-state index < -0.39 is 0 Å². The van der Waals surface area contributed by atoms with Gasteiger partial charge in [0.15, 0.2) is 0 Å². The number of fused-ring (bicyclic) bond motifs is 8. The number of hydrogen-bond acceptors (Lipinski definition) is 2. The summed E-state index contributed by atoms with van der Waals surface area (Å²) >= 11 is 0. The molecule has 56 heavy (non-hydrogen) atoms. The molecular weight excluding hydrogens is 679 g/mol. The quantitative estimate of drug-likeness (QED) is 0.160. The van der Waals surface area contributed by atoms with Crippen molar-refractivity contribution in [1.29, 1.82) is 0 Å². The highest BCUT2D eigenvalue weighted by atomic mass is 16.3. The van der Waals surface area contributed by atoms with E-state index in [0.717, 1.165) is 44.4 Å². The first-order valence-electron chi connectivity index (χ1n) is 19.2. The molecule has 0 aliphatic carbocycles. The Bertz CT molecular complexity index is 3230. The molecule has 0 saturated heterocycles. The second-order valence-corrected chi connectivity index (χ2v) is 14.5. The second kappa shape index (κ2) is 13.2. The van der Waals surface area contributed by atoms with Crippen LogP contribution in [0.3, 0.4) is 0 Å². The smallest absolute Gasteiger partial charge is 0.143 e. The predicted molar refractivity (Wildman–Crippen MR) is 237 cm³/mol. The SMILES string of the molecule is c1ccc(-c2ccccc2-c2ccc(N(c3ccc(-c4cc5ccccc5c5ccccc45)cc3)c3ccc4c(c3)oc3c5ccccc5ccc43)cc2)cc1. The predicted octanol–water partition coefficient (Wildman–Crippen LogP) is 15.5. The Labute approximate surface area is 325 Å². The number of anilines is 3. The van der Waals surface area contributed by atoms with E-state index in [1.165, 1.54) is 60.3 Å². The average molecular weight is 714 g/mol. The van der Waals surface area contributed by atoms with Crippen LogP contribution in [0.15, 0.2) is 217 Å². The minimum atomic E-state index is 0.867. The van der Waals surface area contributed by atoms with E-state index in [9.17, 15) is 0 Å². The normalized spacial score (nSPS) is 11.6. The second-order valence-electron chi connectivity index (χ2n) is 14.5. The largest absolute Gasteiger partial charge is 0.455 e. The highest BCUT2D eigenvalue weighted by molar-refractivity contribution is 6.16. The molecule has 0 fully saturated rings. The summed E-state index contributed by atoms with van der Waals surface area (Å²) in [5, 5.41) is 9.59. The van der Waals surface area contributed by atoms with Gasteiger partial charge in [-0.1, -0.05) is 158 Å². The van der Waals surface area contributed by atoms with Crippen LogP contribution < -0.4 is 4.90 Å². The molecule has 1 heterocycles. The molecule has 0 bridgehead atoms. The van der Waals surface area contributed by atoms with E-state index in [1.807, 2.05) is 0 Å². The fraction of sp³-hybridized carbons (Fsp3) is 0. The van der Waals surface area contributed by atoms with Crippen LogP contribution in [-0.4, -0.2) is 0 Å². The van der Waals surface area contributed by atoms with Crippen molar-refractivity contribution in [2.75, 3.05) is 4.90 Å². The van der Waals surface area contributed by atoms with Gasteiger partial charge in [0.2, 0.25) is 0 Å². The van der Waals surface area contributed by atoms with Crippen LogP contribution in [0.5, 0.6) is 0 Å². The summed E-state index contributed by atoms with van der Waals surface area (Å²) in [5.74, 6) is 0. The van der Waals surface area contributed by atoms with Gasteiger partial charge in [0, 0.05) is 39.3 Å². The van der Waals surface area contributed by atoms with Gasteiger partial charge in [-0.25, -0.2) is 0 Å². The zero-order valence-corrected chi connectivity index (χ0v) is 30.6. The van der Waals surface area contributed by atoms with Crippen LogP contribution in [0.1, 0.15) is 0 Å². The Morgan fingerprint density at radius 2 is 0.804 bits per heavy atom. The zero-order valence-electron chi connectivity index (χ0n) is 30.6. The summed E-state index contributed by atoms with van der Waals surface area (Å²) < 4.78 is 6.69. The summed E-state index contributed by atoms with van der Waals surface area (Å²) in [7, 11) is 0. The van der Waals surface area contributed by atoms with E-state index in [0.29, 0.717) is 0 Å². The van der Waals surface area contributed by atoms with Gasteiger partial charge in [0.1, 0.15) is 11.2 Å². The third-order valence-electron chi connectivity index (χ3n) is 11.3. The minimum Gasteiger partial charge on any atom is -0.455 e. The molecule has 0 N–H and O–H groups in total. The summed E-state index contributed by atoms with van der Waals surface area (Å²) in [4.78, 5) is 2.33. The molecule has 0 atom stereocenters. The van der Waals surface area contributed by atoms with Crippen molar-refractivity contribution >= 4 is 71.3 Å². The maximum atomic E-state index is 6.69. The topological polar surface area (TPSA) is 16.4 Å². The van der Waals surface area contributed by atoms with E-state index in [4.69, 9.17) is 4.42 Å². The molecule has 262 valence electrons. The molecule has 0 amide bonds. The van der Waals surface area contributed by atoms with E-state index in [1.54, 1.807) is 0 Å². The third-order valence-corrected chi connectivity index (χ3v) is 11.3. The number of hydrogen-bond donors (Lipinski definition) is 0. The molecule has 0 saturated carbocycles. The summed E-state index contributed by atoms with van der Waals surface area (Å²) in [6.07, 6.45) is 0. The minimum absolute atomic E-state index is 0.867. The molecule has 0 spiro atoms. The molecule has 0 unspecified atom stereocenters. The molecule has 1 aromatic heterocycles. The van der Waals surface area contributed by atoms with E-state index in [-0.39, 0.29) is 0 Å². The first-order valence-corrected chi connectivity index (χ1v) is 19.2. The van der Waals surface area contributed by atoms with Crippen LogP contribution in [0.4, 0.5) is 17.1 Å². The van der Waals surface area contributed by atoms with E-state index >= 15 is 0 Å². The van der Waals surface area contributed by atoms with Gasteiger partial charge in [-0.15, -0.1) is 0 Å². The highest BCUT2D eigenvalue weighted by Crippen LogP contribution is 2.42. The van der Waals surface area contributed by atoms with Crippen molar-refractivity contribution in [3.8, 4) is 33.4 Å². The Balaban J connectivity index is 1.05. The Kier molecular flexibility index (Phi) is 7.53. The number of rotatable bonds is 6. The van der Waals surface area contributed by atoms with Crippen molar-refractivity contribution in [1.82, 2.24) is 0 Å². The van der Waals surface area contributed by atoms with Crippen LogP contribution >= 0.6 is 0 Å². The maximum Gasteiger partial charge on any atom is 0.143 e. The van der Waals surface area contributed by atoms with Crippen molar-refractivity contribution in [3.05, 3.63) is 212 Å². The summed E-state index contributed by atoms with van der Waals surface area (Å²) in [6.45, 7) is 0. The number of nitrogens with zero attached hydrogens (tertiary/aromatic N) is 1. The first kappa shape index (κ1) is 32.0. The van der Waals surface area contributed by atoms with Gasteiger partial charge in [-0.2, -0.15) is 0 Å². The molecular formula is C54H35NO. The monoisotopic (exact) mass is 713 g/mol. The molecule has 11 aromatic rings. The van der Waals surface area contributed by atoms with Gasteiger partial charge in [-0.3, -0.25) is 0 Å². The Morgan fingerprint density at radius 3 is 1.52 bits per heavy atom. The average Bonchev–Trinajstić information content (AvgIpc) is 3.66. The Hall–Kier alpha value is -7.42. The zero-order chi connectivity index (χ0) is 37.0. The lowest BCUT2D eigenvalue weighted by Crippen LogP contribution is -2.09. The fourth-order valence-corrected chi connectivity index (χ4v) is 8.56. The molecule has 0 aliphatic rings. The van der Waals surface area contributed by atoms with Crippen LogP contribution in [0.25, 0.3) is 87.6 Å². The molecule has 0 aliphatic heterocycles. The van der Waals surface area contributed by atoms with Crippen molar-refractivity contribution < 1.29 is 4.42 Å². The van der Waals surface area contributed by atoms with Crippen LogP contribution in [0.2, 0.25) is 0 Å². The van der Waals surface area contributed by atoms with Gasteiger partial charge in [-0.05, 0) is 109 Å². The highest BCUT2D eigenvalue weighted by Gasteiger charge is 2.18. The van der Waals surface area contributed by atoms with E-state index in [2.05, 4.69) is 217 Å². The third kappa shape index (κ3) is 5.34. The Morgan fingerprint density at radius 1 is 0.286 bits per heavy atom. The molecule has 11 rings (SSSR count). The first-order chi connectivity index (χ1) is 27.8. The van der Waals surface area contributed by atoms with Gasteiger partial charge >= 0.3 is 0 Å². The fourth-order valence-electron chi connectivity index (χ4n) is 8.56. The van der Waals surface area contributed by atoms with Crippen molar-refractivity contribution in [2.45, 2.75) is 0 Å². The molecule has 0 radical (unpaired) electrons. The van der Waals surface area contributed by atoms with Crippen LogP contribution in [-0.2, 0) is 0 Å². The standard InChI is InChI=1S/C54H35NO/c1-2-12-36(13-3-1)44-16-8-9-17-45(44)38-22-27-41(28-23-38)55(43-31-33-50-51-32-26-37-14-4-7-19-47(37)54(51)56-53(50)35-43)42-29-24-39(25-30-42)52-34-40-15-5-6-18-46(40)48-20-10-11-21-49(48)52/h1-35H. The van der Waals surface area contributed by atoms with Crippen molar-refractivity contribution in [3.63, 3.8) is 0 Å². The molecule has 2 heteroatoms. The lowest BCUT2D eigenvalue weighted by atomic mass is 9.93. The number of furan rings is 1. The maximum absolute atomic E-state index is 6.69. The lowest BCUT2D eigenvalue weighted by Gasteiger charge is -2.26. The lowest BCUT2D eigenvalue weighted by molar-refractivity contribution is 0.672.